The molecule has 2 heteroatoms. The van der Waals surface area contributed by atoms with E-state index in [2.05, 4.69) is 19.2 Å². The Morgan fingerprint density at radius 1 is 1.73 bits per heavy atom. The highest BCUT2D eigenvalue weighted by molar-refractivity contribution is 5.78. The smallest absolute Gasteiger partial charge is 0.220 e. The Morgan fingerprint density at radius 3 is 2.91 bits per heavy atom. The van der Waals surface area contributed by atoms with Crippen molar-refractivity contribution in [2.45, 2.75) is 45.6 Å². The summed E-state index contributed by atoms with van der Waals surface area (Å²) >= 11 is 0. The van der Waals surface area contributed by atoms with Crippen LogP contribution < -0.4 is 5.32 Å². The van der Waals surface area contributed by atoms with Crippen molar-refractivity contribution < 1.29 is 4.79 Å². The van der Waals surface area contributed by atoms with E-state index in [9.17, 15) is 4.79 Å². The SMILES string of the molecule is CCC(C)CC1CCC(=O)N1. The lowest BCUT2D eigenvalue weighted by Gasteiger charge is -2.14. The largest absolute Gasteiger partial charge is 0.353 e. The van der Waals surface area contributed by atoms with E-state index < -0.39 is 0 Å². The number of hydrogen-bond donors (Lipinski definition) is 1. The van der Waals surface area contributed by atoms with E-state index in [1.807, 2.05) is 0 Å². The second-order valence-electron chi connectivity index (χ2n) is 3.55. The van der Waals surface area contributed by atoms with Gasteiger partial charge in [-0.1, -0.05) is 20.3 Å². The Morgan fingerprint density at radius 2 is 2.45 bits per heavy atom. The first-order valence-corrected chi connectivity index (χ1v) is 4.51. The number of hydrogen-bond acceptors (Lipinski definition) is 1. The summed E-state index contributed by atoms with van der Waals surface area (Å²) in [6, 6.07) is 0.470. The average molecular weight is 155 g/mol. The number of nitrogens with one attached hydrogen (secondary N) is 1. The van der Waals surface area contributed by atoms with Crippen LogP contribution in [0, 0.1) is 5.92 Å². The average Bonchev–Trinajstić information content (AvgIpc) is 2.35. The minimum Gasteiger partial charge on any atom is -0.353 e. The fourth-order valence-corrected chi connectivity index (χ4v) is 1.51. The van der Waals surface area contributed by atoms with Crippen molar-refractivity contribution in [2.24, 2.45) is 5.92 Å². The van der Waals surface area contributed by atoms with Crippen LogP contribution in [0.3, 0.4) is 0 Å². The van der Waals surface area contributed by atoms with Crippen LogP contribution in [0.4, 0.5) is 0 Å². The first-order valence-electron chi connectivity index (χ1n) is 4.51. The van der Waals surface area contributed by atoms with Crippen LogP contribution in [0.5, 0.6) is 0 Å². The Labute approximate surface area is 68.4 Å². The van der Waals surface area contributed by atoms with Gasteiger partial charge >= 0.3 is 0 Å². The lowest BCUT2D eigenvalue weighted by atomic mass is 9.99. The van der Waals surface area contributed by atoms with Crippen molar-refractivity contribution in [3.63, 3.8) is 0 Å². The second kappa shape index (κ2) is 3.74. The van der Waals surface area contributed by atoms with Gasteiger partial charge in [-0.05, 0) is 18.8 Å². The van der Waals surface area contributed by atoms with Crippen molar-refractivity contribution in [1.29, 1.82) is 0 Å². The van der Waals surface area contributed by atoms with E-state index in [1.54, 1.807) is 0 Å². The highest BCUT2D eigenvalue weighted by Gasteiger charge is 2.21. The number of amides is 1. The zero-order valence-corrected chi connectivity index (χ0v) is 7.39. The van der Waals surface area contributed by atoms with Crippen molar-refractivity contribution in [1.82, 2.24) is 5.32 Å². The highest BCUT2D eigenvalue weighted by atomic mass is 16.1. The Hall–Kier alpha value is -0.530. The molecular weight excluding hydrogens is 138 g/mol. The maximum absolute atomic E-state index is 10.8. The quantitative estimate of drug-likeness (QED) is 0.660. The van der Waals surface area contributed by atoms with Gasteiger partial charge < -0.3 is 5.32 Å². The molecule has 64 valence electrons. The third kappa shape index (κ3) is 2.52. The molecule has 0 radical (unpaired) electrons. The molecule has 0 aromatic carbocycles. The summed E-state index contributed by atoms with van der Waals surface area (Å²) in [5.41, 5.74) is 0. The van der Waals surface area contributed by atoms with Crippen molar-refractivity contribution >= 4 is 5.91 Å². The van der Waals surface area contributed by atoms with E-state index in [0.717, 1.165) is 25.2 Å². The standard InChI is InChI=1S/C9H17NO/c1-3-7(2)6-8-4-5-9(11)10-8/h7-8H,3-6H2,1-2H3,(H,10,11). The summed E-state index contributed by atoms with van der Waals surface area (Å²) in [5, 5.41) is 2.98. The predicted octanol–water partition coefficient (Wildman–Crippen LogP) is 1.70. The van der Waals surface area contributed by atoms with E-state index >= 15 is 0 Å². The molecule has 2 nitrogen and oxygen atoms in total. The Bertz CT molecular complexity index is 144. The van der Waals surface area contributed by atoms with Gasteiger partial charge in [-0.15, -0.1) is 0 Å². The van der Waals surface area contributed by atoms with Gasteiger partial charge in [0, 0.05) is 12.5 Å². The third-order valence-corrected chi connectivity index (χ3v) is 2.47. The van der Waals surface area contributed by atoms with E-state index in [4.69, 9.17) is 0 Å². The molecule has 1 heterocycles. The zero-order chi connectivity index (χ0) is 8.27. The molecule has 1 fully saturated rings. The third-order valence-electron chi connectivity index (χ3n) is 2.47. The summed E-state index contributed by atoms with van der Waals surface area (Å²) in [7, 11) is 0. The summed E-state index contributed by atoms with van der Waals surface area (Å²) in [6.45, 7) is 4.44. The Balaban J connectivity index is 2.22. The maximum atomic E-state index is 10.8. The van der Waals surface area contributed by atoms with Gasteiger partial charge in [0.25, 0.3) is 0 Å². The highest BCUT2D eigenvalue weighted by Crippen LogP contribution is 2.17. The lowest BCUT2D eigenvalue weighted by Crippen LogP contribution is -2.26. The summed E-state index contributed by atoms with van der Waals surface area (Å²) < 4.78 is 0. The van der Waals surface area contributed by atoms with Crippen LogP contribution >= 0.6 is 0 Å². The number of rotatable bonds is 3. The molecule has 2 atom stereocenters. The van der Waals surface area contributed by atoms with Crippen molar-refractivity contribution in [2.75, 3.05) is 0 Å². The predicted molar refractivity (Wildman–Crippen MR) is 45.2 cm³/mol. The topological polar surface area (TPSA) is 29.1 Å². The monoisotopic (exact) mass is 155 g/mol. The van der Waals surface area contributed by atoms with Crippen LogP contribution in [-0.4, -0.2) is 11.9 Å². The molecule has 1 aliphatic heterocycles. The van der Waals surface area contributed by atoms with Crippen LogP contribution in [0.2, 0.25) is 0 Å². The molecular formula is C9H17NO. The molecule has 0 aromatic rings. The molecule has 0 saturated carbocycles. The van der Waals surface area contributed by atoms with Crippen LogP contribution in [0.15, 0.2) is 0 Å². The van der Waals surface area contributed by atoms with Gasteiger partial charge in [-0.25, -0.2) is 0 Å². The zero-order valence-electron chi connectivity index (χ0n) is 7.39. The maximum Gasteiger partial charge on any atom is 0.220 e. The van der Waals surface area contributed by atoms with Crippen molar-refractivity contribution in [3.8, 4) is 0 Å². The molecule has 0 spiro atoms. The van der Waals surface area contributed by atoms with Crippen LogP contribution in [0.1, 0.15) is 39.5 Å². The van der Waals surface area contributed by atoms with Crippen LogP contribution in [-0.2, 0) is 4.79 Å². The molecule has 1 rings (SSSR count). The molecule has 0 aromatic heterocycles. The first-order chi connectivity index (χ1) is 5.22. The Kier molecular flexibility index (Phi) is 2.92. The van der Waals surface area contributed by atoms with Gasteiger partial charge in [0.05, 0.1) is 0 Å². The van der Waals surface area contributed by atoms with E-state index in [0.29, 0.717) is 6.04 Å². The normalized spacial score (nSPS) is 26.7. The molecule has 0 aliphatic carbocycles. The molecule has 1 saturated heterocycles. The van der Waals surface area contributed by atoms with Gasteiger partial charge in [-0.3, -0.25) is 4.79 Å². The molecule has 1 aliphatic rings. The van der Waals surface area contributed by atoms with E-state index in [1.165, 1.54) is 6.42 Å². The van der Waals surface area contributed by atoms with Crippen LogP contribution in [0.25, 0.3) is 0 Å². The fourth-order valence-electron chi connectivity index (χ4n) is 1.51. The summed E-state index contributed by atoms with van der Waals surface area (Å²) in [5.74, 6) is 0.983. The molecule has 0 bridgehead atoms. The molecule has 1 amide bonds. The van der Waals surface area contributed by atoms with Gasteiger partial charge in [0.1, 0.15) is 0 Å². The second-order valence-corrected chi connectivity index (χ2v) is 3.55. The number of carbonyl (C=O) groups is 1. The lowest BCUT2D eigenvalue weighted by molar-refractivity contribution is -0.119. The van der Waals surface area contributed by atoms with Crippen molar-refractivity contribution in [3.05, 3.63) is 0 Å². The molecule has 2 unspecified atom stereocenters. The minimum absolute atomic E-state index is 0.235. The molecule has 1 N–H and O–H groups in total. The number of carbonyl (C=O) groups excluding carboxylic acids is 1. The van der Waals surface area contributed by atoms with Gasteiger partial charge in [-0.2, -0.15) is 0 Å². The molecule has 11 heavy (non-hydrogen) atoms. The van der Waals surface area contributed by atoms with Gasteiger partial charge in [0.2, 0.25) is 5.91 Å². The summed E-state index contributed by atoms with van der Waals surface area (Å²) in [6.07, 6.45) is 4.15. The first kappa shape index (κ1) is 8.57. The minimum atomic E-state index is 0.235. The van der Waals surface area contributed by atoms with Gasteiger partial charge in [0.15, 0.2) is 0 Å². The fraction of sp³-hybridized carbons (Fsp3) is 0.889. The summed E-state index contributed by atoms with van der Waals surface area (Å²) in [4.78, 5) is 10.8. The van der Waals surface area contributed by atoms with E-state index in [-0.39, 0.29) is 5.91 Å².